The number of hydrogen-bond donors (Lipinski definition) is 4. The van der Waals surface area contributed by atoms with Crippen molar-refractivity contribution in [3.05, 3.63) is 69.9 Å². The van der Waals surface area contributed by atoms with Crippen molar-refractivity contribution in [2.75, 3.05) is 5.73 Å². The molecule has 3 rings (SSSR count). The topological polar surface area (TPSA) is 173 Å². The molecule has 0 spiro atoms. The van der Waals surface area contributed by atoms with Gasteiger partial charge in [-0.1, -0.05) is 12.1 Å². The number of pyridine rings is 1. The molecule has 0 saturated heterocycles. The van der Waals surface area contributed by atoms with E-state index in [1.54, 1.807) is 0 Å². The number of nitrogens with one attached hydrogen (secondary N) is 1. The maximum Gasteiger partial charge on any atom is 0.379 e. The zero-order valence-corrected chi connectivity index (χ0v) is 14.0. The standard InChI is InChI=1S/C18H12N2O8/c19-14-12(16(22)23)11(13(17(24)25)15(21)20-14)8-3-1-4-9(7-8)28-18(26)10-5-2-6-27-10/h1-7H,(H,22,23)(H,24,25)(H3,19,20,21). The highest BCUT2D eigenvalue weighted by molar-refractivity contribution is 6.07. The number of H-pyrrole nitrogens is 1. The molecule has 5 N–H and O–H groups in total. The van der Waals surface area contributed by atoms with Gasteiger partial charge in [0.05, 0.1) is 6.26 Å². The molecule has 0 atom stereocenters. The SMILES string of the molecule is Nc1[nH]c(=O)c(C(=O)O)c(-c2cccc(OC(=O)c3ccco3)c2)c1C(=O)O. The number of rotatable bonds is 5. The summed E-state index contributed by atoms with van der Waals surface area (Å²) in [5.41, 5.74) is 2.73. The van der Waals surface area contributed by atoms with Crippen LogP contribution in [0, 0.1) is 0 Å². The first-order valence-corrected chi connectivity index (χ1v) is 7.68. The van der Waals surface area contributed by atoms with Crippen LogP contribution in [0.1, 0.15) is 31.3 Å². The minimum absolute atomic E-state index is 0.0114. The summed E-state index contributed by atoms with van der Waals surface area (Å²) in [6, 6.07) is 8.24. The van der Waals surface area contributed by atoms with Gasteiger partial charge in [0.1, 0.15) is 22.7 Å². The number of ether oxygens (including phenoxy) is 1. The highest BCUT2D eigenvalue weighted by atomic mass is 16.5. The Hall–Kier alpha value is -4.34. The summed E-state index contributed by atoms with van der Waals surface area (Å²) in [5.74, 6) is -4.59. The number of nitrogens with two attached hydrogens (primary N) is 1. The summed E-state index contributed by atoms with van der Waals surface area (Å²) in [6.45, 7) is 0. The highest BCUT2D eigenvalue weighted by Crippen LogP contribution is 2.31. The molecular weight excluding hydrogens is 372 g/mol. The van der Waals surface area contributed by atoms with Crippen LogP contribution >= 0.6 is 0 Å². The number of aromatic nitrogens is 1. The number of hydrogen-bond acceptors (Lipinski definition) is 7. The maximum atomic E-state index is 12.1. The van der Waals surface area contributed by atoms with Crippen LogP contribution in [0.4, 0.5) is 5.82 Å². The lowest BCUT2D eigenvalue weighted by Gasteiger charge is -2.13. The van der Waals surface area contributed by atoms with Crippen molar-refractivity contribution in [2.45, 2.75) is 0 Å². The molecule has 0 amide bonds. The van der Waals surface area contributed by atoms with E-state index in [0.29, 0.717) is 0 Å². The fourth-order valence-electron chi connectivity index (χ4n) is 2.60. The lowest BCUT2D eigenvalue weighted by molar-refractivity contribution is 0.0685. The smallest absolute Gasteiger partial charge is 0.379 e. The lowest BCUT2D eigenvalue weighted by atomic mass is 9.95. The predicted octanol–water partition coefficient (Wildman–Crippen LogP) is 1.83. The molecule has 0 saturated carbocycles. The van der Waals surface area contributed by atoms with Gasteiger partial charge < -0.3 is 30.1 Å². The van der Waals surface area contributed by atoms with Gasteiger partial charge in [0, 0.05) is 5.56 Å². The molecule has 1 aromatic carbocycles. The molecule has 0 aliphatic carbocycles. The fourth-order valence-corrected chi connectivity index (χ4v) is 2.60. The first kappa shape index (κ1) is 18.5. The fraction of sp³-hybridized carbons (Fsp3) is 0. The molecular formula is C18H12N2O8. The molecule has 0 unspecified atom stereocenters. The van der Waals surface area contributed by atoms with Crippen LogP contribution in [-0.4, -0.2) is 33.1 Å². The first-order chi connectivity index (χ1) is 13.3. The summed E-state index contributed by atoms with van der Waals surface area (Å²) in [5, 5.41) is 18.8. The van der Waals surface area contributed by atoms with E-state index in [9.17, 15) is 29.4 Å². The third-order valence-corrected chi connectivity index (χ3v) is 3.73. The van der Waals surface area contributed by atoms with Crippen LogP contribution in [-0.2, 0) is 0 Å². The van der Waals surface area contributed by atoms with E-state index in [1.165, 1.54) is 42.7 Å². The second kappa shape index (κ2) is 7.11. The molecule has 10 heteroatoms. The van der Waals surface area contributed by atoms with Crippen molar-refractivity contribution in [1.29, 1.82) is 0 Å². The molecule has 2 aromatic heterocycles. The molecule has 28 heavy (non-hydrogen) atoms. The van der Waals surface area contributed by atoms with Gasteiger partial charge in [0.15, 0.2) is 0 Å². The van der Waals surface area contributed by atoms with E-state index < -0.39 is 46.0 Å². The normalized spacial score (nSPS) is 10.4. The highest BCUT2D eigenvalue weighted by Gasteiger charge is 2.27. The van der Waals surface area contributed by atoms with E-state index in [1.807, 2.05) is 4.98 Å². The van der Waals surface area contributed by atoms with Gasteiger partial charge in [0.25, 0.3) is 5.56 Å². The van der Waals surface area contributed by atoms with Crippen LogP contribution in [0.3, 0.4) is 0 Å². The zero-order chi connectivity index (χ0) is 20.4. The minimum Gasteiger partial charge on any atom is -0.478 e. The van der Waals surface area contributed by atoms with Crippen molar-refractivity contribution in [2.24, 2.45) is 0 Å². The molecule has 0 fully saturated rings. The third-order valence-electron chi connectivity index (χ3n) is 3.73. The van der Waals surface area contributed by atoms with Gasteiger partial charge in [-0.25, -0.2) is 14.4 Å². The Morgan fingerprint density at radius 1 is 1.04 bits per heavy atom. The number of carbonyl (C=O) groups is 3. The van der Waals surface area contributed by atoms with Crippen molar-refractivity contribution < 1.29 is 33.8 Å². The van der Waals surface area contributed by atoms with Gasteiger partial charge in [-0.2, -0.15) is 0 Å². The van der Waals surface area contributed by atoms with Crippen molar-refractivity contribution in [3.63, 3.8) is 0 Å². The Bertz CT molecular complexity index is 1140. The summed E-state index contributed by atoms with van der Waals surface area (Å²) in [6.07, 6.45) is 1.28. The second-order valence-electron chi connectivity index (χ2n) is 5.50. The van der Waals surface area contributed by atoms with Crippen LogP contribution in [0.15, 0.2) is 51.9 Å². The van der Waals surface area contributed by atoms with Crippen LogP contribution < -0.4 is 16.0 Å². The maximum absolute atomic E-state index is 12.1. The lowest BCUT2D eigenvalue weighted by Crippen LogP contribution is -2.24. The summed E-state index contributed by atoms with van der Waals surface area (Å²) in [7, 11) is 0. The Balaban J connectivity index is 2.16. The van der Waals surface area contributed by atoms with E-state index in [2.05, 4.69) is 0 Å². The Morgan fingerprint density at radius 2 is 1.75 bits per heavy atom. The van der Waals surface area contributed by atoms with Gasteiger partial charge in [0.2, 0.25) is 5.76 Å². The quantitative estimate of drug-likeness (QED) is 0.378. The monoisotopic (exact) mass is 384 g/mol. The number of carboxylic acids is 2. The van der Waals surface area contributed by atoms with E-state index >= 15 is 0 Å². The van der Waals surface area contributed by atoms with E-state index in [0.717, 1.165) is 0 Å². The number of nitrogen functional groups attached to an aromatic ring is 1. The van der Waals surface area contributed by atoms with Crippen LogP contribution in [0.2, 0.25) is 0 Å². The molecule has 0 radical (unpaired) electrons. The zero-order valence-electron chi connectivity index (χ0n) is 14.0. The third kappa shape index (κ3) is 3.33. The van der Waals surface area contributed by atoms with Gasteiger partial charge in [-0.05, 0) is 29.8 Å². The Morgan fingerprint density at radius 3 is 2.36 bits per heavy atom. The predicted molar refractivity (Wildman–Crippen MR) is 94.5 cm³/mol. The Labute approximate surface area is 155 Å². The summed E-state index contributed by atoms with van der Waals surface area (Å²) >= 11 is 0. The number of carboxylic acid groups (broad SMARTS) is 2. The number of benzene rings is 1. The number of aromatic amines is 1. The van der Waals surface area contributed by atoms with E-state index in [-0.39, 0.29) is 17.1 Å². The number of carbonyl (C=O) groups excluding carboxylic acids is 1. The molecule has 0 aliphatic rings. The molecule has 2 heterocycles. The van der Waals surface area contributed by atoms with Crippen molar-refractivity contribution in [1.82, 2.24) is 4.98 Å². The van der Waals surface area contributed by atoms with Gasteiger partial charge in [-0.15, -0.1) is 0 Å². The summed E-state index contributed by atoms with van der Waals surface area (Å²) in [4.78, 5) is 49.3. The van der Waals surface area contributed by atoms with Crippen molar-refractivity contribution >= 4 is 23.7 Å². The molecule has 0 aliphatic heterocycles. The Kier molecular flexibility index (Phi) is 4.69. The van der Waals surface area contributed by atoms with Crippen LogP contribution in [0.5, 0.6) is 5.75 Å². The molecule has 10 nitrogen and oxygen atoms in total. The number of anilines is 1. The summed E-state index contributed by atoms with van der Waals surface area (Å²) < 4.78 is 10.1. The number of furan rings is 1. The number of esters is 1. The molecule has 142 valence electrons. The first-order valence-electron chi connectivity index (χ1n) is 7.68. The second-order valence-corrected chi connectivity index (χ2v) is 5.50. The molecule has 0 bridgehead atoms. The average Bonchev–Trinajstić information content (AvgIpc) is 3.15. The van der Waals surface area contributed by atoms with E-state index in [4.69, 9.17) is 14.9 Å². The number of aromatic carboxylic acids is 2. The van der Waals surface area contributed by atoms with Gasteiger partial charge in [-0.3, -0.25) is 4.79 Å². The average molecular weight is 384 g/mol. The van der Waals surface area contributed by atoms with Crippen molar-refractivity contribution in [3.8, 4) is 16.9 Å². The van der Waals surface area contributed by atoms with Gasteiger partial charge >= 0.3 is 17.9 Å². The largest absolute Gasteiger partial charge is 0.478 e. The minimum atomic E-state index is -1.64. The molecule has 3 aromatic rings. The van der Waals surface area contributed by atoms with Crippen LogP contribution in [0.25, 0.3) is 11.1 Å².